The van der Waals surface area contributed by atoms with Crippen LogP contribution in [0.5, 0.6) is 5.75 Å². The van der Waals surface area contributed by atoms with Gasteiger partial charge in [-0.25, -0.2) is 8.78 Å². The molecule has 138 valence electrons. The molecule has 0 aliphatic heterocycles. The summed E-state index contributed by atoms with van der Waals surface area (Å²) in [6, 6.07) is 10.3. The fraction of sp³-hybridized carbons (Fsp3) is 0.350. The Bertz CT molecular complexity index is 812. The van der Waals surface area contributed by atoms with Gasteiger partial charge < -0.3 is 10.1 Å². The third-order valence-corrected chi connectivity index (χ3v) is 5.25. The second-order valence-electron chi connectivity index (χ2n) is 6.82. The van der Waals surface area contributed by atoms with Gasteiger partial charge >= 0.3 is 0 Å². The summed E-state index contributed by atoms with van der Waals surface area (Å²) in [7, 11) is 0. The number of benzene rings is 2. The van der Waals surface area contributed by atoms with E-state index in [0.717, 1.165) is 12.5 Å². The summed E-state index contributed by atoms with van der Waals surface area (Å²) in [6.45, 7) is 3.91. The Balaban J connectivity index is 1.63. The molecule has 1 amide bonds. The summed E-state index contributed by atoms with van der Waals surface area (Å²) in [6.07, 6.45) is 0.0303. The Kier molecular flexibility index (Phi) is 5.19. The molecule has 1 aliphatic carbocycles. The van der Waals surface area contributed by atoms with Gasteiger partial charge in [-0.15, -0.1) is 0 Å². The summed E-state index contributed by atoms with van der Waals surface area (Å²) < 4.78 is 32.9. The van der Waals surface area contributed by atoms with Crippen molar-refractivity contribution in [1.82, 2.24) is 5.32 Å². The van der Waals surface area contributed by atoms with Crippen molar-refractivity contribution in [3.63, 3.8) is 0 Å². The molecule has 1 N–H and O–H groups in total. The maximum absolute atomic E-state index is 14.2. The van der Waals surface area contributed by atoms with Crippen LogP contribution in [0.25, 0.3) is 0 Å². The molecule has 1 aliphatic rings. The van der Waals surface area contributed by atoms with Crippen molar-refractivity contribution in [3.05, 3.63) is 64.7 Å². The Hall–Kier alpha value is -2.14. The summed E-state index contributed by atoms with van der Waals surface area (Å²) in [5.74, 6) is -0.731. The molecule has 3 rings (SSSR count). The number of hydrogen-bond donors (Lipinski definition) is 1. The molecule has 3 atom stereocenters. The molecule has 6 heteroatoms. The molecule has 0 radical (unpaired) electrons. The van der Waals surface area contributed by atoms with Crippen LogP contribution in [-0.2, 0) is 10.2 Å². The van der Waals surface area contributed by atoms with E-state index >= 15 is 0 Å². The van der Waals surface area contributed by atoms with E-state index in [0.29, 0.717) is 16.3 Å². The number of amides is 1. The van der Waals surface area contributed by atoms with Gasteiger partial charge in [-0.3, -0.25) is 4.79 Å². The first-order chi connectivity index (χ1) is 12.3. The minimum absolute atomic E-state index is 0.204. The van der Waals surface area contributed by atoms with E-state index in [-0.39, 0.29) is 18.4 Å². The number of hydrogen-bond acceptors (Lipinski definition) is 2. The van der Waals surface area contributed by atoms with Gasteiger partial charge in [0.25, 0.3) is 5.91 Å². The van der Waals surface area contributed by atoms with Crippen molar-refractivity contribution >= 4 is 17.5 Å². The Morgan fingerprint density at radius 3 is 2.54 bits per heavy atom. The molecule has 3 nitrogen and oxygen atoms in total. The fourth-order valence-corrected chi connectivity index (χ4v) is 3.38. The van der Waals surface area contributed by atoms with Crippen LogP contribution in [0.1, 0.15) is 25.8 Å². The lowest BCUT2D eigenvalue weighted by Gasteiger charge is -2.21. The van der Waals surface area contributed by atoms with E-state index in [9.17, 15) is 13.6 Å². The van der Waals surface area contributed by atoms with E-state index in [1.807, 2.05) is 6.92 Å². The molecule has 0 bridgehead atoms. The van der Waals surface area contributed by atoms with Crippen LogP contribution in [0.4, 0.5) is 8.78 Å². The number of carbonyl (C=O) groups excluding carboxylic acids is 1. The zero-order valence-electron chi connectivity index (χ0n) is 14.6. The van der Waals surface area contributed by atoms with Gasteiger partial charge in [0.05, 0.1) is 0 Å². The molecule has 2 aromatic carbocycles. The highest BCUT2D eigenvalue weighted by atomic mass is 35.5. The van der Waals surface area contributed by atoms with Gasteiger partial charge in [-0.2, -0.15) is 0 Å². The fourth-order valence-electron chi connectivity index (χ4n) is 3.26. The van der Waals surface area contributed by atoms with Crippen LogP contribution in [0.2, 0.25) is 5.02 Å². The number of carbonyl (C=O) groups is 1. The predicted molar refractivity (Wildman–Crippen MR) is 96.4 cm³/mol. The van der Waals surface area contributed by atoms with E-state index in [2.05, 4.69) is 5.32 Å². The molecular weight excluding hydrogens is 360 g/mol. The first kappa shape index (κ1) is 18.6. The van der Waals surface area contributed by atoms with Crippen molar-refractivity contribution in [2.45, 2.75) is 31.8 Å². The van der Waals surface area contributed by atoms with Gasteiger partial charge in [0.1, 0.15) is 17.4 Å². The standard InChI is InChI=1S/C20H20ClF2NO2/c1-12-10-20(12,17-8-5-15(22)9-18(17)23)11-24-19(25)13(2)26-16-6-3-14(21)4-7-16/h3-9,12-13H,10-11H2,1-2H3,(H,24,25). The first-order valence-electron chi connectivity index (χ1n) is 8.47. The molecule has 1 saturated carbocycles. The van der Waals surface area contributed by atoms with Gasteiger partial charge in [0.2, 0.25) is 0 Å². The lowest BCUT2D eigenvalue weighted by Crippen LogP contribution is -2.41. The Labute approximate surface area is 156 Å². The molecule has 26 heavy (non-hydrogen) atoms. The maximum Gasteiger partial charge on any atom is 0.260 e. The van der Waals surface area contributed by atoms with Crippen LogP contribution < -0.4 is 10.1 Å². The average molecular weight is 380 g/mol. The largest absolute Gasteiger partial charge is 0.481 e. The van der Waals surface area contributed by atoms with Crippen molar-refractivity contribution in [3.8, 4) is 5.75 Å². The highest BCUT2D eigenvalue weighted by Gasteiger charge is 2.53. The van der Waals surface area contributed by atoms with Crippen LogP contribution >= 0.6 is 11.6 Å². The number of rotatable bonds is 6. The summed E-state index contributed by atoms with van der Waals surface area (Å²) in [5.41, 5.74) is -0.0501. The molecule has 0 aromatic heterocycles. The van der Waals surface area contributed by atoms with Crippen molar-refractivity contribution in [1.29, 1.82) is 0 Å². The molecule has 3 unspecified atom stereocenters. The molecule has 1 fully saturated rings. The molecular formula is C20H20ClF2NO2. The highest BCUT2D eigenvalue weighted by molar-refractivity contribution is 6.30. The third kappa shape index (κ3) is 3.83. The first-order valence-corrected chi connectivity index (χ1v) is 8.85. The van der Waals surface area contributed by atoms with Gasteiger partial charge in [-0.05, 0) is 55.2 Å². The monoisotopic (exact) mass is 379 g/mol. The SMILES string of the molecule is CC(Oc1ccc(Cl)cc1)C(=O)NCC1(c2ccc(F)cc2F)CC1C. The van der Waals surface area contributed by atoms with E-state index in [1.165, 1.54) is 12.1 Å². The zero-order valence-corrected chi connectivity index (χ0v) is 15.3. The number of nitrogens with one attached hydrogen (secondary N) is 1. The predicted octanol–water partition coefficient (Wildman–Crippen LogP) is 4.48. The maximum atomic E-state index is 14.2. The second kappa shape index (κ2) is 7.23. The van der Waals surface area contributed by atoms with Crippen LogP contribution in [0.3, 0.4) is 0 Å². The second-order valence-corrected chi connectivity index (χ2v) is 7.25. The summed E-state index contributed by atoms with van der Waals surface area (Å²) in [4.78, 5) is 12.3. The van der Waals surface area contributed by atoms with Crippen LogP contribution in [-0.4, -0.2) is 18.6 Å². The quantitative estimate of drug-likeness (QED) is 0.803. The zero-order chi connectivity index (χ0) is 18.9. The smallest absolute Gasteiger partial charge is 0.260 e. The lowest BCUT2D eigenvalue weighted by atomic mass is 9.92. The Morgan fingerprint density at radius 2 is 1.96 bits per heavy atom. The summed E-state index contributed by atoms with van der Waals surface area (Å²) in [5, 5.41) is 3.42. The topological polar surface area (TPSA) is 38.3 Å². The van der Waals surface area contributed by atoms with Gasteiger partial charge in [0.15, 0.2) is 6.10 Å². The summed E-state index contributed by atoms with van der Waals surface area (Å²) >= 11 is 5.82. The normalized spacial score (nSPS) is 22.6. The number of ether oxygens (including phenoxy) is 1. The molecule has 2 aromatic rings. The van der Waals surface area contributed by atoms with Gasteiger partial charge in [-0.1, -0.05) is 24.6 Å². The lowest BCUT2D eigenvalue weighted by molar-refractivity contribution is -0.127. The van der Waals surface area contributed by atoms with E-state index in [1.54, 1.807) is 31.2 Å². The highest BCUT2D eigenvalue weighted by Crippen LogP contribution is 2.54. The molecule has 0 saturated heterocycles. The molecule has 0 heterocycles. The van der Waals surface area contributed by atoms with Crippen molar-refractivity contribution in [2.24, 2.45) is 5.92 Å². The minimum atomic E-state index is -0.708. The van der Waals surface area contributed by atoms with E-state index in [4.69, 9.17) is 16.3 Å². The van der Waals surface area contributed by atoms with Crippen LogP contribution in [0.15, 0.2) is 42.5 Å². The number of halogens is 3. The van der Waals surface area contributed by atoms with Crippen LogP contribution in [0, 0.1) is 17.6 Å². The Morgan fingerprint density at radius 1 is 1.31 bits per heavy atom. The minimum Gasteiger partial charge on any atom is -0.481 e. The third-order valence-electron chi connectivity index (χ3n) is 4.99. The van der Waals surface area contributed by atoms with Gasteiger partial charge in [0, 0.05) is 23.0 Å². The van der Waals surface area contributed by atoms with Crippen molar-refractivity contribution in [2.75, 3.05) is 6.54 Å². The average Bonchev–Trinajstić information content (AvgIpc) is 3.25. The molecule has 0 spiro atoms. The van der Waals surface area contributed by atoms with Crippen molar-refractivity contribution < 1.29 is 18.3 Å². The van der Waals surface area contributed by atoms with E-state index < -0.39 is 23.2 Å².